The van der Waals surface area contributed by atoms with Crippen molar-refractivity contribution in [3.63, 3.8) is 0 Å². The molecule has 0 spiro atoms. The van der Waals surface area contributed by atoms with Crippen LogP contribution >= 0.6 is 0 Å². The van der Waals surface area contributed by atoms with E-state index in [1.807, 2.05) is 6.20 Å². The lowest BCUT2D eigenvalue weighted by molar-refractivity contribution is 0.331. The van der Waals surface area contributed by atoms with E-state index in [0.717, 1.165) is 32.7 Å². The zero-order valence-corrected chi connectivity index (χ0v) is 10.9. The number of rotatable bonds is 3. The summed E-state index contributed by atoms with van der Waals surface area (Å²) in [5, 5.41) is 3.40. The summed E-state index contributed by atoms with van der Waals surface area (Å²) in [6, 6.07) is 4.31. The first-order valence-electron chi connectivity index (χ1n) is 7.05. The minimum atomic E-state index is 1.06. The van der Waals surface area contributed by atoms with E-state index in [4.69, 9.17) is 0 Å². The second kappa shape index (κ2) is 5.67. The average Bonchev–Trinajstić information content (AvgIpc) is 2.93. The van der Waals surface area contributed by atoms with Crippen LogP contribution in [0.1, 0.15) is 18.4 Å². The molecule has 2 aliphatic rings. The third-order valence-corrected chi connectivity index (χ3v) is 3.88. The quantitative estimate of drug-likeness (QED) is 0.865. The molecule has 98 valence electrons. The highest BCUT2D eigenvalue weighted by molar-refractivity contribution is 5.47. The van der Waals surface area contributed by atoms with Crippen LogP contribution in [-0.4, -0.2) is 49.2 Å². The van der Waals surface area contributed by atoms with Gasteiger partial charge in [-0.05, 0) is 32.0 Å². The van der Waals surface area contributed by atoms with Crippen molar-refractivity contribution in [2.45, 2.75) is 19.4 Å². The highest BCUT2D eigenvalue weighted by Gasteiger charge is 2.18. The lowest BCUT2D eigenvalue weighted by atomic mass is 10.2. The van der Waals surface area contributed by atoms with Gasteiger partial charge in [0.25, 0.3) is 0 Å². The number of hydrogen-bond donors (Lipinski definition) is 1. The number of piperazine rings is 1. The van der Waals surface area contributed by atoms with Crippen molar-refractivity contribution in [2.75, 3.05) is 44.2 Å². The van der Waals surface area contributed by atoms with Crippen molar-refractivity contribution in [3.8, 4) is 0 Å². The minimum Gasteiger partial charge on any atom is -0.354 e. The highest BCUT2D eigenvalue weighted by Crippen LogP contribution is 2.21. The second-order valence-corrected chi connectivity index (χ2v) is 5.21. The maximum atomic E-state index is 4.62. The fourth-order valence-corrected chi connectivity index (χ4v) is 2.90. The first kappa shape index (κ1) is 11.9. The third kappa shape index (κ3) is 2.65. The predicted molar refractivity (Wildman–Crippen MR) is 73.8 cm³/mol. The molecule has 0 atom stereocenters. The number of likely N-dealkylation sites (tertiary alicyclic amines) is 1. The Morgan fingerprint density at radius 1 is 1.11 bits per heavy atom. The van der Waals surface area contributed by atoms with Crippen molar-refractivity contribution in [2.24, 2.45) is 0 Å². The van der Waals surface area contributed by atoms with Crippen LogP contribution in [0.5, 0.6) is 0 Å². The molecule has 0 aromatic carbocycles. The zero-order chi connectivity index (χ0) is 12.2. The van der Waals surface area contributed by atoms with Gasteiger partial charge in [-0.2, -0.15) is 0 Å². The molecule has 1 aromatic heterocycles. The zero-order valence-electron chi connectivity index (χ0n) is 10.9. The second-order valence-electron chi connectivity index (χ2n) is 5.21. The van der Waals surface area contributed by atoms with E-state index in [2.05, 4.69) is 32.2 Å². The summed E-state index contributed by atoms with van der Waals surface area (Å²) in [6.07, 6.45) is 4.62. The number of anilines is 1. The molecule has 3 heterocycles. The average molecular weight is 246 g/mol. The van der Waals surface area contributed by atoms with Gasteiger partial charge in [0.1, 0.15) is 5.82 Å². The van der Waals surface area contributed by atoms with E-state index in [1.54, 1.807) is 0 Å². The molecule has 4 heteroatoms. The van der Waals surface area contributed by atoms with Gasteiger partial charge >= 0.3 is 0 Å². The van der Waals surface area contributed by atoms with Gasteiger partial charge in [0.15, 0.2) is 0 Å². The Kier molecular flexibility index (Phi) is 3.76. The monoisotopic (exact) mass is 246 g/mol. The molecule has 2 saturated heterocycles. The van der Waals surface area contributed by atoms with Gasteiger partial charge in [0.05, 0.1) is 0 Å². The molecular formula is C14H22N4. The molecule has 4 nitrogen and oxygen atoms in total. The van der Waals surface area contributed by atoms with Crippen LogP contribution in [-0.2, 0) is 6.54 Å². The Morgan fingerprint density at radius 2 is 1.89 bits per heavy atom. The smallest absolute Gasteiger partial charge is 0.133 e. The topological polar surface area (TPSA) is 31.4 Å². The minimum absolute atomic E-state index is 1.06. The van der Waals surface area contributed by atoms with Gasteiger partial charge in [-0.1, -0.05) is 6.07 Å². The van der Waals surface area contributed by atoms with Gasteiger partial charge in [0, 0.05) is 44.5 Å². The lowest BCUT2D eigenvalue weighted by Crippen LogP contribution is -2.44. The fourth-order valence-electron chi connectivity index (χ4n) is 2.90. The molecule has 3 rings (SSSR count). The maximum absolute atomic E-state index is 4.62. The van der Waals surface area contributed by atoms with E-state index >= 15 is 0 Å². The first-order valence-corrected chi connectivity index (χ1v) is 7.05. The van der Waals surface area contributed by atoms with Crippen molar-refractivity contribution >= 4 is 5.82 Å². The Labute approximate surface area is 109 Å². The molecule has 2 fully saturated rings. The summed E-state index contributed by atoms with van der Waals surface area (Å²) in [5.41, 5.74) is 1.39. The van der Waals surface area contributed by atoms with Crippen LogP contribution in [0.15, 0.2) is 18.3 Å². The number of pyridine rings is 1. The van der Waals surface area contributed by atoms with Crippen LogP contribution in [0, 0.1) is 0 Å². The highest BCUT2D eigenvalue weighted by atomic mass is 15.2. The predicted octanol–water partition coefficient (Wildman–Crippen LogP) is 1.09. The molecule has 0 saturated carbocycles. The molecule has 1 N–H and O–H groups in total. The van der Waals surface area contributed by atoms with E-state index in [-0.39, 0.29) is 0 Å². The van der Waals surface area contributed by atoms with Crippen LogP contribution < -0.4 is 10.2 Å². The van der Waals surface area contributed by atoms with Crippen LogP contribution in [0.2, 0.25) is 0 Å². The standard InChI is InChI=1S/C14H22N4/c1-2-9-17(8-1)12-13-4-3-5-16-14(13)18-10-6-15-7-11-18/h3-5,15H,1-2,6-12H2. The third-order valence-electron chi connectivity index (χ3n) is 3.88. The van der Waals surface area contributed by atoms with Crippen LogP contribution in [0.4, 0.5) is 5.82 Å². The van der Waals surface area contributed by atoms with Gasteiger partial charge < -0.3 is 10.2 Å². The van der Waals surface area contributed by atoms with Crippen molar-refractivity contribution in [3.05, 3.63) is 23.9 Å². The van der Waals surface area contributed by atoms with E-state index < -0.39 is 0 Å². The van der Waals surface area contributed by atoms with Crippen molar-refractivity contribution < 1.29 is 0 Å². The summed E-state index contributed by atoms with van der Waals surface area (Å²) in [6.45, 7) is 7.84. The Hall–Kier alpha value is -1.13. The Morgan fingerprint density at radius 3 is 2.67 bits per heavy atom. The molecular weight excluding hydrogens is 224 g/mol. The van der Waals surface area contributed by atoms with Crippen molar-refractivity contribution in [1.82, 2.24) is 15.2 Å². The van der Waals surface area contributed by atoms with Crippen LogP contribution in [0.25, 0.3) is 0 Å². The molecule has 2 aliphatic heterocycles. The maximum Gasteiger partial charge on any atom is 0.133 e. The normalized spacial score (nSPS) is 21.4. The summed E-state index contributed by atoms with van der Waals surface area (Å²) in [7, 11) is 0. The number of aromatic nitrogens is 1. The number of nitrogens with one attached hydrogen (secondary N) is 1. The van der Waals surface area contributed by atoms with E-state index in [1.165, 1.54) is 37.3 Å². The van der Waals surface area contributed by atoms with E-state index in [0.29, 0.717) is 0 Å². The molecule has 1 aromatic rings. The molecule has 0 amide bonds. The number of hydrogen-bond acceptors (Lipinski definition) is 4. The molecule has 18 heavy (non-hydrogen) atoms. The first-order chi connectivity index (χ1) is 8.93. The van der Waals surface area contributed by atoms with Gasteiger partial charge in [-0.3, -0.25) is 4.90 Å². The molecule has 0 unspecified atom stereocenters. The van der Waals surface area contributed by atoms with Gasteiger partial charge in [-0.25, -0.2) is 4.98 Å². The largest absolute Gasteiger partial charge is 0.354 e. The van der Waals surface area contributed by atoms with E-state index in [9.17, 15) is 0 Å². The summed E-state index contributed by atoms with van der Waals surface area (Å²) < 4.78 is 0. The fraction of sp³-hybridized carbons (Fsp3) is 0.643. The summed E-state index contributed by atoms with van der Waals surface area (Å²) in [5.74, 6) is 1.20. The molecule has 0 radical (unpaired) electrons. The van der Waals surface area contributed by atoms with Gasteiger partial charge in [-0.15, -0.1) is 0 Å². The van der Waals surface area contributed by atoms with Crippen LogP contribution in [0.3, 0.4) is 0 Å². The molecule has 0 aliphatic carbocycles. The Balaban J connectivity index is 1.75. The number of nitrogens with zero attached hydrogens (tertiary/aromatic N) is 3. The Bertz CT molecular complexity index is 381. The van der Waals surface area contributed by atoms with Gasteiger partial charge in [0.2, 0.25) is 0 Å². The summed E-state index contributed by atoms with van der Waals surface area (Å²) in [4.78, 5) is 9.58. The SMILES string of the molecule is c1cnc(N2CCNCC2)c(CN2CCCC2)c1. The molecule has 0 bridgehead atoms. The lowest BCUT2D eigenvalue weighted by Gasteiger charge is -2.30. The van der Waals surface area contributed by atoms with Crippen molar-refractivity contribution in [1.29, 1.82) is 0 Å². The summed E-state index contributed by atoms with van der Waals surface area (Å²) >= 11 is 0.